The molecule has 0 spiro atoms. The molecule has 1 aromatic carbocycles. The van der Waals surface area contributed by atoms with Crippen LogP contribution in [-0.4, -0.2) is 28.3 Å². The highest BCUT2D eigenvalue weighted by Gasteiger charge is 2.03. The lowest BCUT2D eigenvalue weighted by Crippen LogP contribution is -2.19. The normalized spacial score (nSPS) is 10.6. The zero-order chi connectivity index (χ0) is 15.7. The lowest BCUT2D eigenvalue weighted by molar-refractivity contribution is -0.129. The van der Waals surface area contributed by atoms with Gasteiger partial charge >= 0.3 is 0 Å². The molecular formula is C13H16BrN3O4. The summed E-state index contributed by atoms with van der Waals surface area (Å²) < 4.78 is 0.663. The number of halogens is 1. The number of amides is 2. The van der Waals surface area contributed by atoms with E-state index >= 15 is 0 Å². The van der Waals surface area contributed by atoms with Gasteiger partial charge in [-0.25, -0.2) is 10.9 Å². The maximum atomic E-state index is 11.5. The molecule has 0 bridgehead atoms. The second kappa shape index (κ2) is 9.09. The largest absolute Gasteiger partial charge is 0.508 e. The van der Waals surface area contributed by atoms with Gasteiger partial charge in [0.25, 0.3) is 0 Å². The summed E-state index contributed by atoms with van der Waals surface area (Å²) in [7, 11) is 0. The summed E-state index contributed by atoms with van der Waals surface area (Å²) in [5.74, 6) is -0.592. The van der Waals surface area contributed by atoms with Crippen molar-refractivity contribution in [2.75, 3.05) is 0 Å². The monoisotopic (exact) mass is 357 g/mol. The Kier molecular flexibility index (Phi) is 7.41. The van der Waals surface area contributed by atoms with Crippen molar-refractivity contribution in [1.82, 2.24) is 10.9 Å². The first-order valence-electron chi connectivity index (χ1n) is 6.26. The lowest BCUT2D eigenvalue weighted by Gasteiger charge is -2.01. The number of hydrogen-bond donors (Lipinski definition) is 4. The highest BCUT2D eigenvalue weighted by Crippen LogP contribution is 2.20. The number of carbonyl (C=O) groups is 2. The number of rotatable bonds is 7. The van der Waals surface area contributed by atoms with E-state index in [1.165, 1.54) is 23.8 Å². The van der Waals surface area contributed by atoms with E-state index in [4.69, 9.17) is 5.21 Å². The van der Waals surface area contributed by atoms with Gasteiger partial charge in [0.05, 0.1) is 6.21 Å². The van der Waals surface area contributed by atoms with Crippen molar-refractivity contribution in [3.05, 3.63) is 28.2 Å². The number of unbranched alkanes of at least 4 members (excludes halogenated alkanes) is 1. The Morgan fingerprint density at radius 3 is 2.52 bits per heavy atom. The van der Waals surface area contributed by atoms with Crippen LogP contribution in [0.1, 0.15) is 31.2 Å². The van der Waals surface area contributed by atoms with Crippen molar-refractivity contribution in [2.24, 2.45) is 5.10 Å². The molecule has 0 aliphatic carbocycles. The summed E-state index contributed by atoms with van der Waals surface area (Å²) in [5.41, 5.74) is 4.62. The van der Waals surface area contributed by atoms with Crippen LogP contribution in [0.3, 0.4) is 0 Å². The molecule has 0 heterocycles. The predicted octanol–water partition coefficient (Wildman–Crippen LogP) is 1.67. The summed E-state index contributed by atoms with van der Waals surface area (Å²) in [5, 5.41) is 21.3. The molecule has 0 saturated carbocycles. The predicted molar refractivity (Wildman–Crippen MR) is 79.9 cm³/mol. The molecule has 2 amide bonds. The average molecular weight is 358 g/mol. The minimum absolute atomic E-state index is 0.134. The molecule has 0 radical (unpaired) electrons. The zero-order valence-electron chi connectivity index (χ0n) is 11.2. The maximum Gasteiger partial charge on any atom is 0.243 e. The number of phenolic OH excluding ortho intramolecular Hbond substituents is 1. The second-order valence-corrected chi connectivity index (χ2v) is 5.10. The Hall–Kier alpha value is -1.93. The van der Waals surface area contributed by atoms with Gasteiger partial charge in [0.15, 0.2) is 0 Å². The Morgan fingerprint density at radius 2 is 1.90 bits per heavy atom. The Balaban J connectivity index is 2.29. The van der Waals surface area contributed by atoms with Crippen LogP contribution in [0.2, 0.25) is 0 Å². The van der Waals surface area contributed by atoms with Crippen molar-refractivity contribution >= 4 is 34.0 Å². The third-order valence-corrected chi connectivity index (χ3v) is 3.25. The Bertz CT molecular complexity index is 534. The number of phenols is 1. The summed E-state index contributed by atoms with van der Waals surface area (Å²) >= 11 is 3.26. The van der Waals surface area contributed by atoms with E-state index in [1.54, 1.807) is 6.07 Å². The molecular weight excluding hydrogens is 342 g/mol. The maximum absolute atomic E-state index is 11.5. The number of nitrogens with zero attached hydrogens (tertiary/aromatic N) is 1. The first-order chi connectivity index (χ1) is 10.0. The molecule has 0 fully saturated rings. The minimum atomic E-state index is -0.467. The molecule has 0 saturated heterocycles. The van der Waals surface area contributed by atoms with E-state index in [-0.39, 0.29) is 24.5 Å². The van der Waals surface area contributed by atoms with Crippen molar-refractivity contribution in [2.45, 2.75) is 25.7 Å². The number of hydrogen-bond acceptors (Lipinski definition) is 5. The number of carbonyl (C=O) groups excluding carboxylic acids is 2. The van der Waals surface area contributed by atoms with Gasteiger partial charge in [-0.2, -0.15) is 5.10 Å². The average Bonchev–Trinajstić information content (AvgIpc) is 2.45. The zero-order valence-corrected chi connectivity index (χ0v) is 12.8. The fourth-order valence-corrected chi connectivity index (χ4v) is 1.95. The van der Waals surface area contributed by atoms with Gasteiger partial charge in [-0.15, -0.1) is 0 Å². The van der Waals surface area contributed by atoms with Crippen LogP contribution in [0.4, 0.5) is 0 Å². The van der Waals surface area contributed by atoms with Gasteiger partial charge < -0.3 is 5.11 Å². The van der Waals surface area contributed by atoms with Crippen LogP contribution in [0.15, 0.2) is 27.8 Å². The van der Waals surface area contributed by atoms with Gasteiger partial charge in [0.2, 0.25) is 11.8 Å². The van der Waals surface area contributed by atoms with Crippen LogP contribution in [0, 0.1) is 0 Å². The summed E-state index contributed by atoms with van der Waals surface area (Å²) in [6, 6.07) is 4.69. The van der Waals surface area contributed by atoms with Crippen LogP contribution in [0.25, 0.3) is 0 Å². The first-order valence-corrected chi connectivity index (χ1v) is 7.05. The molecule has 114 valence electrons. The molecule has 1 aromatic rings. The third kappa shape index (κ3) is 6.87. The van der Waals surface area contributed by atoms with Crippen LogP contribution in [-0.2, 0) is 9.59 Å². The summed E-state index contributed by atoms with van der Waals surface area (Å²) in [4.78, 5) is 22.2. The molecule has 0 aromatic heterocycles. The number of nitrogens with one attached hydrogen (secondary N) is 2. The van der Waals surface area contributed by atoms with Crippen LogP contribution in [0.5, 0.6) is 5.75 Å². The van der Waals surface area contributed by atoms with Crippen LogP contribution >= 0.6 is 15.9 Å². The lowest BCUT2D eigenvalue weighted by atomic mass is 10.2. The van der Waals surface area contributed by atoms with E-state index in [9.17, 15) is 14.7 Å². The fraction of sp³-hybridized carbons (Fsp3) is 0.308. The van der Waals surface area contributed by atoms with Crippen LogP contribution < -0.4 is 10.9 Å². The molecule has 0 unspecified atom stereocenters. The van der Waals surface area contributed by atoms with Crippen molar-refractivity contribution in [3.63, 3.8) is 0 Å². The summed E-state index contributed by atoms with van der Waals surface area (Å²) in [6.07, 6.45) is 2.91. The number of hydroxylamine groups is 1. The second-order valence-electron chi connectivity index (χ2n) is 4.24. The quantitative estimate of drug-likeness (QED) is 0.257. The smallest absolute Gasteiger partial charge is 0.243 e. The molecule has 0 atom stereocenters. The first kappa shape index (κ1) is 17.1. The van der Waals surface area contributed by atoms with Gasteiger partial charge in [-0.05, 0) is 47.0 Å². The molecule has 8 heteroatoms. The van der Waals surface area contributed by atoms with E-state index in [0.29, 0.717) is 22.9 Å². The van der Waals surface area contributed by atoms with E-state index in [1.807, 2.05) is 0 Å². The fourth-order valence-electron chi connectivity index (χ4n) is 1.48. The third-order valence-electron chi connectivity index (χ3n) is 2.56. The highest BCUT2D eigenvalue weighted by atomic mass is 79.9. The number of hydrazone groups is 1. The molecule has 1 rings (SSSR count). The van der Waals surface area contributed by atoms with Gasteiger partial charge in [-0.1, -0.05) is 0 Å². The van der Waals surface area contributed by atoms with E-state index < -0.39 is 5.91 Å². The molecule has 0 aliphatic heterocycles. The van der Waals surface area contributed by atoms with Crippen molar-refractivity contribution < 1.29 is 19.9 Å². The van der Waals surface area contributed by atoms with Gasteiger partial charge in [-0.3, -0.25) is 14.8 Å². The Labute approximate surface area is 130 Å². The van der Waals surface area contributed by atoms with Crippen molar-refractivity contribution in [1.29, 1.82) is 0 Å². The topological polar surface area (TPSA) is 111 Å². The Morgan fingerprint density at radius 1 is 1.24 bits per heavy atom. The van der Waals surface area contributed by atoms with E-state index in [2.05, 4.69) is 26.5 Å². The molecule has 0 aliphatic rings. The number of benzene rings is 1. The van der Waals surface area contributed by atoms with E-state index in [0.717, 1.165) is 0 Å². The summed E-state index contributed by atoms with van der Waals surface area (Å²) in [6.45, 7) is 0. The minimum Gasteiger partial charge on any atom is -0.508 e. The molecule has 21 heavy (non-hydrogen) atoms. The standard InChI is InChI=1S/C13H16BrN3O4/c14-11-7-10(18)6-5-9(11)8-15-16-12(19)3-1-2-4-13(20)17-21/h5-8,18,21H,1-4H2,(H,16,19)(H,17,20)/b15-8+. The SMILES string of the molecule is O=C(CCCCC(=O)N/N=C/c1ccc(O)cc1Br)NO. The van der Waals surface area contributed by atoms with Crippen molar-refractivity contribution in [3.8, 4) is 5.75 Å². The molecule has 7 nitrogen and oxygen atoms in total. The number of aromatic hydroxyl groups is 1. The van der Waals surface area contributed by atoms with Gasteiger partial charge in [0, 0.05) is 22.9 Å². The van der Waals surface area contributed by atoms with Gasteiger partial charge in [0.1, 0.15) is 5.75 Å². The molecule has 4 N–H and O–H groups in total. The highest BCUT2D eigenvalue weighted by molar-refractivity contribution is 9.10.